The van der Waals surface area contributed by atoms with E-state index in [1.807, 2.05) is 12.1 Å². The highest BCUT2D eigenvalue weighted by Gasteiger charge is 2.17. The van der Waals surface area contributed by atoms with E-state index in [0.29, 0.717) is 18.8 Å². The van der Waals surface area contributed by atoms with Crippen LogP contribution in [0.2, 0.25) is 0 Å². The summed E-state index contributed by atoms with van der Waals surface area (Å²) in [4.78, 5) is 0. The zero-order valence-corrected chi connectivity index (χ0v) is 13.7. The van der Waals surface area contributed by atoms with Crippen molar-refractivity contribution in [1.29, 1.82) is 0 Å². The molecule has 0 saturated carbocycles. The van der Waals surface area contributed by atoms with Gasteiger partial charge in [-0.2, -0.15) is 0 Å². The summed E-state index contributed by atoms with van der Waals surface area (Å²) in [5.41, 5.74) is 2.72. The Morgan fingerprint density at radius 1 is 1.15 bits per heavy atom. The number of nitrogens with one attached hydrogen (secondary N) is 1. The monoisotopic (exact) mass is 399 g/mol. The Morgan fingerprint density at radius 2 is 2.00 bits per heavy atom. The van der Waals surface area contributed by atoms with Crippen molar-refractivity contribution in [2.75, 3.05) is 11.9 Å². The summed E-state index contributed by atoms with van der Waals surface area (Å²) in [6.07, 6.45) is 0.925. The van der Waals surface area contributed by atoms with E-state index in [4.69, 9.17) is 4.74 Å². The molecule has 1 N–H and O–H groups in total. The maximum atomic E-state index is 13.8. The van der Waals surface area contributed by atoms with Crippen molar-refractivity contribution in [3.8, 4) is 5.75 Å². The molecular formula is C15H12Br2FNO. The van der Waals surface area contributed by atoms with Gasteiger partial charge in [0.25, 0.3) is 0 Å². The Labute approximate surface area is 133 Å². The van der Waals surface area contributed by atoms with Crippen LogP contribution in [0.15, 0.2) is 39.3 Å². The SMILES string of the molecule is Fc1cc(Br)ccc1NCc1cc(Br)cc2c1OCC2. The number of ether oxygens (including phenoxy) is 1. The zero-order valence-electron chi connectivity index (χ0n) is 10.6. The molecule has 1 aliphatic heterocycles. The van der Waals surface area contributed by atoms with Crippen molar-refractivity contribution in [3.63, 3.8) is 0 Å². The minimum absolute atomic E-state index is 0.271. The predicted octanol–water partition coefficient (Wildman–Crippen LogP) is 4.90. The molecule has 3 rings (SSSR count). The number of hydrogen-bond acceptors (Lipinski definition) is 2. The third-order valence-electron chi connectivity index (χ3n) is 3.23. The fourth-order valence-corrected chi connectivity index (χ4v) is 3.19. The molecule has 0 bridgehead atoms. The first-order valence-corrected chi connectivity index (χ1v) is 7.85. The third-order valence-corrected chi connectivity index (χ3v) is 4.18. The topological polar surface area (TPSA) is 21.3 Å². The highest BCUT2D eigenvalue weighted by atomic mass is 79.9. The summed E-state index contributed by atoms with van der Waals surface area (Å²) in [5.74, 6) is 0.658. The molecule has 0 atom stereocenters. The average Bonchev–Trinajstić information content (AvgIpc) is 2.85. The van der Waals surface area contributed by atoms with Gasteiger partial charge in [0.2, 0.25) is 0 Å². The lowest BCUT2D eigenvalue weighted by molar-refractivity contribution is 0.354. The molecule has 2 nitrogen and oxygen atoms in total. The quantitative estimate of drug-likeness (QED) is 0.791. The zero-order chi connectivity index (χ0) is 14.1. The first-order chi connectivity index (χ1) is 9.63. The normalized spacial score (nSPS) is 12.9. The molecule has 20 heavy (non-hydrogen) atoms. The second-order valence-electron chi connectivity index (χ2n) is 4.63. The van der Waals surface area contributed by atoms with Gasteiger partial charge in [-0.25, -0.2) is 4.39 Å². The van der Waals surface area contributed by atoms with Gasteiger partial charge in [-0.15, -0.1) is 0 Å². The fraction of sp³-hybridized carbons (Fsp3) is 0.200. The van der Waals surface area contributed by atoms with E-state index in [9.17, 15) is 4.39 Å². The molecule has 1 aliphatic rings. The van der Waals surface area contributed by atoms with Crippen LogP contribution >= 0.6 is 31.9 Å². The van der Waals surface area contributed by atoms with Crippen molar-refractivity contribution in [2.45, 2.75) is 13.0 Å². The number of halogens is 3. The van der Waals surface area contributed by atoms with Gasteiger partial charge in [0.05, 0.1) is 12.3 Å². The number of benzene rings is 2. The molecule has 104 valence electrons. The molecule has 0 unspecified atom stereocenters. The fourth-order valence-electron chi connectivity index (χ4n) is 2.30. The van der Waals surface area contributed by atoms with E-state index < -0.39 is 0 Å². The maximum Gasteiger partial charge on any atom is 0.147 e. The van der Waals surface area contributed by atoms with Crippen LogP contribution in [0.5, 0.6) is 5.75 Å². The lowest BCUT2D eigenvalue weighted by Gasteiger charge is -2.12. The van der Waals surface area contributed by atoms with Crippen molar-refractivity contribution in [3.05, 3.63) is 56.2 Å². The second-order valence-corrected chi connectivity index (χ2v) is 6.46. The van der Waals surface area contributed by atoms with E-state index in [-0.39, 0.29) is 5.82 Å². The van der Waals surface area contributed by atoms with Gasteiger partial charge >= 0.3 is 0 Å². The first-order valence-electron chi connectivity index (χ1n) is 6.26. The van der Waals surface area contributed by atoms with Crippen molar-refractivity contribution in [2.24, 2.45) is 0 Å². The van der Waals surface area contributed by atoms with Gasteiger partial charge in [-0.1, -0.05) is 31.9 Å². The van der Waals surface area contributed by atoms with E-state index in [0.717, 1.165) is 26.7 Å². The molecule has 0 spiro atoms. The highest BCUT2D eigenvalue weighted by Crippen LogP contribution is 2.33. The lowest BCUT2D eigenvalue weighted by Crippen LogP contribution is -2.03. The van der Waals surface area contributed by atoms with Crippen LogP contribution in [-0.2, 0) is 13.0 Å². The van der Waals surface area contributed by atoms with Crippen LogP contribution in [0, 0.1) is 5.82 Å². The van der Waals surface area contributed by atoms with Gasteiger partial charge in [-0.3, -0.25) is 0 Å². The minimum Gasteiger partial charge on any atom is -0.493 e. The minimum atomic E-state index is -0.271. The Bertz CT molecular complexity index is 661. The summed E-state index contributed by atoms with van der Waals surface area (Å²) in [7, 11) is 0. The van der Waals surface area contributed by atoms with Crippen LogP contribution in [0.1, 0.15) is 11.1 Å². The number of fused-ring (bicyclic) bond motifs is 1. The van der Waals surface area contributed by atoms with Crippen LogP contribution in [0.25, 0.3) is 0 Å². The van der Waals surface area contributed by atoms with E-state index >= 15 is 0 Å². The van der Waals surface area contributed by atoms with E-state index in [2.05, 4.69) is 43.2 Å². The summed E-state index contributed by atoms with van der Waals surface area (Å²) < 4.78 is 21.2. The van der Waals surface area contributed by atoms with Crippen molar-refractivity contribution < 1.29 is 9.13 Å². The predicted molar refractivity (Wildman–Crippen MR) is 84.8 cm³/mol. The molecule has 0 radical (unpaired) electrons. The molecule has 0 aromatic heterocycles. The first kappa shape index (κ1) is 13.9. The number of anilines is 1. The molecule has 0 fully saturated rings. The van der Waals surface area contributed by atoms with Crippen LogP contribution in [0.3, 0.4) is 0 Å². The van der Waals surface area contributed by atoms with Gasteiger partial charge in [0.15, 0.2) is 0 Å². The Hall–Kier alpha value is -1.07. The second kappa shape index (κ2) is 5.74. The molecule has 1 heterocycles. The molecular weight excluding hydrogens is 389 g/mol. The van der Waals surface area contributed by atoms with Crippen LogP contribution in [-0.4, -0.2) is 6.61 Å². The standard InChI is InChI=1S/C15H12Br2FNO/c16-11-1-2-14(13(18)7-11)19-8-10-6-12(17)5-9-3-4-20-15(9)10/h1-2,5-7,19H,3-4,8H2. The Morgan fingerprint density at radius 3 is 2.80 bits per heavy atom. The largest absolute Gasteiger partial charge is 0.493 e. The smallest absolute Gasteiger partial charge is 0.147 e. The number of rotatable bonds is 3. The summed E-state index contributed by atoms with van der Waals surface area (Å²) in [6.45, 7) is 1.24. The third kappa shape index (κ3) is 2.83. The summed E-state index contributed by atoms with van der Waals surface area (Å²) in [5, 5.41) is 3.12. The van der Waals surface area contributed by atoms with E-state index in [1.165, 1.54) is 11.6 Å². The van der Waals surface area contributed by atoms with Crippen molar-refractivity contribution in [1.82, 2.24) is 0 Å². The molecule has 2 aromatic rings. The lowest BCUT2D eigenvalue weighted by atomic mass is 10.1. The average molecular weight is 401 g/mol. The van der Waals surface area contributed by atoms with Crippen LogP contribution < -0.4 is 10.1 Å². The molecule has 5 heteroatoms. The van der Waals surface area contributed by atoms with Gasteiger partial charge in [-0.05, 0) is 35.9 Å². The Balaban J connectivity index is 1.82. The van der Waals surface area contributed by atoms with Gasteiger partial charge in [0.1, 0.15) is 11.6 Å². The van der Waals surface area contributed by atoms with Gasteiger partial charge < -0.3 is 10.1 Å². The number of hydrogen-bond donors (Lipinski definition) is 1. The van der Waals surface area contributed by atoms with E-state index in [1.54, 1.807) is 6.07 Å². The maximum absolute atomic E-state index is 13.8. The van der Waals surface area contributed by atoms with Gasteiger partial charge in [0, 0.05) is 27.5 Å². The van der Waals surface area contributed by atoms with Crippen LogP contribution in [0.4, 0.5) is 10.1 Å². The summed E-state index contributed by atoms with van der Waals surface area (Å²) >= 11 is 6.75. The van der Waals surface area contributed by atoms with Crippen molar-refractivity contribution >= 4 is 37.5 Å². The molecule has 0 saturated heterocycles. The summed E-state index contributed by atoms with van der Waals surface area (Å²) in [6, 6.07) is 9.07. The Kier molecular flexibility index (Phi) is 3.98. The molecule has 0 aliphatic carbocycles. The highest BCUT2D eigenvalue weighted by molar-refractivity contribution is 9.10. The molecule has 2 aromatic carbocycles. The molecule has 0 amide bonds.